The van der Waals surface area contributed by atoms with Crippen molar-refractivity contribution in [2.45, 2.75) is 17.5 Å². The maximum absolute atomic E-state index is 13.1. The van der Waals surface area contributed by atoms with Gasteiger partial charge >= 0.3 is 6.18 Å². The Kier molecular flexibility index (Phi) is 4.51. The van der Waals surface area contributed by atoms with Crippen molar-refractivity contribution < 1.29 is 31.1 Å². The summed E-state index contributed by atoms with van der Waals surface area (Å²) < 4.78 is 77.1. The van der Waals surface area contributed by atoms with E-state index in [9.17, 15) is 21.6 Å². The van der Waals surface area contributed by atoms with Crippen LogP contribution >= 0.6 is 0 Å². The van der Waals surface area contributed by atoms with Crippen molar-refractivity contribution >= 4 is 15.7 Å². The first kappa shape index (κ1) is 17.4. The Hall–Kier alpha value is -2.42. The molecule has 9 heteroatoms. The molecule has 1 heterocycles. The normalized spacial score (nSPS) is 14.7. The van der Waals surface area contributed by atoms with Gasteiger partial charge in [-0.2, -0.15) is 13.2 Å². The first-order chi connectivity index (χ1) is 11.8. The molecule has 5 nitrogen and oxygen atoms in total. The quantitative estimate of drug-likeness (QED) is 0.892. The van der Waals surface area contributed by atoms with E-state index >= 15 is 0 Å². The van der Waals surface area contributed by atoms with Gasteiger partial charge < -0.3 is 9.47 Å². The average Bonchev–Trinajstić information content (AvgIpc) is 2.78. The molecule has 0 aliphatic carbocycles. The zero-order valence-corrected chi connectivity index (χ0v) is 13.7. The van der Waals surface area contributed by atoms with Crippen LogP contribution in [0, 0.1) is 0 Å². The molecule has 1 aliphatic rings. The minimum absolute atomic E-state index is 0.0845. The Balaban J connectivity index is 1.94. The highest BCUT2D eigenvalue weighted by molar-refractivity contribution is 7.92. The number of sulfonamides is 1. The molecule has 0 amide bonds. The van der Waals surface area contributed by atoms with Gasteiger partial charge in [-0.3, -0.25) is 4.72 Å². The number of hydrogen-bond acceptors (Lipinski definition) is 4. The van der Waals surface area contributed by atoms with Gasteiger partial charge in [0.1, 0.15) is 0 Å². The molecule has 0 radical (unpaired) electrons. The Labute approximate surface area is 142 Å². The largest absolute Gasteiger partial charge is 0.490 e. The minimum Gasteiger partial charge on any atom is -0.490 e. The summed E-state index contributed by atoms with van der Waals surface area (Å²) in [7, 11) is -4.43. The van der Waals surface area contributed by atoms with Gasteiger partial charge in [-0.05, 0) is 24.3 Å². The van der Waals surface area contributed by atoms with Gasteiger partial charge in [0.2, 0.25) is 0 Å². The van der Waals surface area contributed by atoms with E-state index in [0.717, 1.165) is 18.2 Å². The van der Waals surface area contributed by atoms with E-state index in [-0.39, 0.29) is 5.69 Å². The van der Waals surface area contributed by atoms with Crippen LogP contribution in [0.15, 0.2) is 47.4 Å². The third kappa shape index (κ3) is 3.81. The summed E-state index contributed by atoms with van der Waals surface area (Å²) in [5.74, 6) is 0.790. The van der Waals surface area contributed by atoms with Crippen molar-refractivity contribution in [2.24, 2.45) is 0 Å². The van der Waals surface area contributed by atoms with E-state index in [0.29, 0.717) is 31.1 Å². The highest BCUT2D eigenvalue weighted by Gasteiger charge is 2.37. The molecule has 0 saturated heterocycles. The van der Waals surface area contributed by atoms with Crippen molar-refractivity contribution in [3.63, 3.8) is 0 Å². The number of hydrogen-bond donors (Lipinski definition) is 1. The van der Waals surface area contributed by atoms with Gasteiger partial charge in [0.15, 0.2) is 11.5 Å². The molecule has 134 valence electrons. The molecule has 0 bridgehead atoms. The van der Waals surface area contributed by atoms with Crippen LogP contribution in [-0.2, 0) is 16.2 Å². The highest BCUT2D eigenvalue weighted by atomic mass is 32.2. The summed E-state index contributed by atoms with van der Waals surface area (Å²) in [5, 5.41) is 0. The highest BCUT2D eigenvalue weighted by Crippen LogP contribution is 2.36. The predicted octanol–water partition coefficient (Wildman–Crippen LogP) is 3.67. The molecular formula is C16H14F3NO4S. The molecule has 0 spiro atoms. The summed E-state index contributed by atoms with van der Waals surface area (Å²) >= 11 is 0. The second-order valence-corrected chi connectivity index (χ2v) is 6.96. The van der Waals surface area contributed by atoms with Crippen molar-refractivity contribution in [1.82, 2.24) is 0 Å². The van der Waals surface area contributed by atoms with Crippen LogP contribution in [0.2, 0.25) is 0 Å². The number of ether oxygens (including phenoxy) is 2. The number of alkyl halides is 3. The third-order valence-electron chi connectivity index (χ3n) is 3.48. The van der Waals surface area contributed by atoms with Gasteiger partial charge in [0.05, 0.1) is 29.4 Å². The lowest BCUT2D eigenvalue weighted by Crippen LogP contribution is -2.18. The molecule has 0 unspecified atom stereocenters. The van der Waals surface area contributed by atoms with Crippen molar-refractivity contribution in [3.8, 4) is 11.5 Å². The second kappa shape index (κ2) is 6.47. The summed E-state index contributed by atoms with van der Waals surface area (Å²) in [6, 6.07) is 8.30. The lowest BCUT2D eigenvalue weighted by Gasteiger charge is -2.15. The molecule has 0 atom stereocenters. The SMILES string of the molecule is O=S(=O)(Nc1ccc2c(c1)OCCCO2)c1ccccc1C(F)(F)F. The van der Waals surface area contributed by atoms with Crippen LogP contribution in [0.25, 0.3) is 0 Å². The smallest absolute Gasteiger partial charge is 0.417 e. The standard InChI is InChI=1S/C16H14F3NO4S/c17-16(18,19)12-4-1-2-5-15(12)25(21,22)20-11-6-7-13-14(10-11)24-9-3-8-23-13/h1-2,4-7,10,20H,3,8-9H2. The molecule has 25 heavy (non-hydrogen) atoms. The maximum atomic E-state index is 13.1. The second-order valence-electron chi connectivity index (χ2n) is 5.31. The third-order valence-corrected chi connectivity index (χ3v) is 4.92. The fourth-order valence-corrected chi connectivity index (χ4v) is 3.65. The van der Waals surface area contributed by atoms with Crippen molar-refractivity contribution in [1.29, 1.82) is 0 Å². The topological polar surface area (TPSA) is 64.6 Å². The predicted molar refractivity (Wildman–Crippen MR) is 84.3 cm³/mol. The van der Waals surface area contributed by atoms with Gasteiger partial charge in [-0.1, -0.05) is 12.1 Å². The van der Waals surface area contributed by atoms with Crippen molar-refractivity contribution in [2.75, 3.05) is 17.9 Å². The van der Waals surface area contributed by atoms with E-state index in [1.807, 2.05) is 0 Å². The fourth-order valence-electron chi connectivity index (χ4n) is 2.37. The number of fused-ring (bicyclic) bond motifs is 1. The zero-order chi connectivity index (χ0) is 18.1. The fraction of sp³-hybridized carbons (Fsp3) is 0.250. The molecule has 3 rings (SSSR count). The van der Waals surface area contributed by atoms with Gasteiger partial charge in [-0.15, -0.1) is 0 Å². The number of nitrogens with one attached hydrogen (secondary N) is 1. The van der Waals surface area contributed by atoms with E-state index in [1.54, 1.807) is 0 Å². The number of rotatable bonds is 3. The molecule has 1 N–H and O–H groups in total. The Morgan fingerprint density at radius 2 is 1.64 bits per heavy atom. The van der Waals surface area contributed by atoms with Gasteiger partial charge in [-0.25, -0.2) is 8.42 Å². The molecule has 1 aliphatic heterocycles. The molecule has 0 saturated carbocycles. The van der Waals surface area contributed by atoms with Crippen LogP contribution in [-0.4, -0.2) is 21.6 Å². The van der Waals surface area contributed by atoms with Gasteiger partial charge in [0, 0.05) is 12.5 Å². The van der Waals surface area contributed by atoms with Crippen LogP contribution < -0.4 is 14.2 Å². The number of halogens is 3. The van der Waals surface area contributed by atoms with E-state index in [2.05, 4.69) is 4.72 Å². The molecule has 0 fully saturated rings. The Morgan fingerprint density at radius 1 is 0.960 bits per heavy atom. The Morgan fingerprint density at radius 3 is 2.36 bits per heavy atom. The molecule has 0 aromatic heterocycles. The number of benzene rings is 2. The van der Waals surface area contributed by atoms with E-state index < -0.39 is 26.7 Å². The molecule has 2 aromatic rings. The molecule has 2 aromatic carbocycles. The zero-order valence-electron chi connectivity index (χ0n) is 12.8. The summed E-state index contributed by atoms with van der Waals surface area (Å²) in [6.07, 6.45) is -4.11. The average molecular weight is 373 g/mol. The monoisotopic (exact) mass is 373 g/mol. The van der Waals surface area contributed by atoms with Crippen LogP contribution in [0.5, 0.6) is 11.5 Å². The van der Waals surface area contributed by atoms with E-state index in [4.69, 9.17) is 9.47 Å². The summed E-state index contributed by atoms with van der Waals surface area (Å²) in [4.78, 5) is -0.838. The summed E-state index contributed by atoms with van der Waals surface area (Å²) in [5.41, 5.74) is -1.14. The lowest BCUT2D eigenvalue weighted by molar-refractivity contribution is -0.139. The molecular weight excluding hydrogens is 359 g/mol. The lowest BCUT2D eigenvalue weighted by atomic mass is 10.2. The maximum Gasteiger partial charge on any atom is 0.417 e. The minimum atomic E-state index is -4.78. The van der Waals surface area contributed by atoms with Crippen LogP contribution in [0.4, 0.5) is 18.9 Å². The first-order valence-corrected chi connectivity index (χ1v) is 8.84. The van der Waals surface area contributed by atoms with Gasteiger partial charge in [0.25, 0.3) is 10.0 Å². The van der Waals surface area contributed by atoms with Crippen molar-refractivity contribution in [3.05, 3.63) is 48.0 Å². The van der Waals surface area contributed by atoms with Crippen LogP contribution in [0.1, 0.15) is 12.0 Å². The Bertz CT molecular complexity index is 881. The number of anilines is 1. The summed E-state index contributed by atoms with van der Waals surface area (Å²) in [6.45, 7) is 0.872. The van der Waals surface area contributed by atoms with E-state index in [1.165, 1.54) is 24.3 Å². The van der Waals surface area contributed by atoms with Crippen LogP contribution in [0.3, 0.4) is 0 Å². The first-order valence-electron chi connectivity index (χ1n) is 7.36.